The van der Waals surface area contributed by atoms with Gasteiger partial charge in [0.15, 0.2) is 0 Å². The first-order valence-corrected chi connectivity index (χ1v) is 14.3. The van der Waals surface area contributed by atoms with Crippen molar-refractivity contribution >= 4 is 35.7 Å². The topological polar surface area (TPSA) is 87.7 Å². The SMILES string of the molecule is C=Cc1cccc(C(C(=O)NC2CCCCC2)N(CC)C(=O)C(CCSC)NC(=O)OC(C)(C)C)c1. The van der Waals surface area contributed by atoms with Crippen LogP contribution in [0.5, 0.6) is 0 Å². The molecule has 1 aliphatic rings. The van der Waals surface area contributed by atoms with E-state index in [4.69, 9.17) is 4.74 Å². The second kappa shape index (κ2) is 14.3. The molecule has 0 bridgehead atoms. The van der Waals surface area contributed by atoms with Gasteiger partial charge >= 0.3 is 6.09 Å². The van der Waals surface area contributed by atoms with Crippen LogP contribution in [0.1, 0.15) is 83.4 Å². The number of ether oxygens (including phenoxy) is 1. The number of amides is 3. The van der Waals surface area contributed by atoms with Gasteiger partial charge in [-0.1, -0.05) is 50.1 Å². The van der Waals surface area contributed by atoms with Crippen molar-refractivity contribution in [2.45, 2.75) is 89.9 Å². The fraction of sp³-hybridized carbons (Fsp3) is 0.607. The third-order valence-electron chi connectivity index (χ3n) is 6.20. The monoisotopic (exact) mass is 517 g/mol. The lowest BCUT2D eigenvalue weighted by molar-refractivity contribution is -0.142. The van der Waals surface area contributed by atoms with Crippen LogP contribution < -0.4 is 10.6 Å². The first-order chi connectivity index (χ1) is 17.1. The number of nitrogens with one attached hydrogen (secondary N) is 2. The molecule has 0 aliphatic heterocycles. The van der Waals surface area contributed by atoms with E-state index >= 15 is 0 Å². The van der Waals surface area contributed by atoms with Crippen LogP contribution in [0.3, 0.4) is 0 Å². The first kappa shape index (κ1) is 29.7. The van der Waals surface area contributed by atoms with E-state index in [2.05, 4.69) is 17.2 Å². The molecular formula is C28H43N3O4S. The summed E-state index contributed by atoms with van der Waals surface area (Å²) in [4.78, 5) is 41.7. The fourth-order valence-corrected chi connectivity index (χ4v) is 4.94. The molecule has 0 heterocycles. The van der Waals surface area contributed by atoms with Crippen LogP contribution in [-0.4, -0.2) is 59.0 Å². The van der Waals surface area contributed by atoms with Crippen molar-refractivity contribution in [2.75, 3.05) is 18.6 Å². The minimum Gasteiger partial charge on any atom is -0.444 e. The van der Waals surface area contributed by atoms with Crippen molar-refractivity contribution in [2.24, 2.45) is 0 Å². The van der Waals surface area contributed by atoms with Crippen molar-refractivity contribution in [1.29, 1.82) is 0 Å². The quantitative estimate of drug-likeness (QED) is 0.415. The van der Waals surface area contributed by atoms with Gasteiger partial charge in [0.2, 0.25) is 11.8 Å². The Bertz CT molecular complexity index is 893. The zero-order valence-electron chi connectivity index (χ0n) is 22.5. The highest BCUT2D eigenvalue weighted by atomic mass is 32.2. The molecule has 1 aromatic rings. The minimum atomic E-state index is -0.818. The molecule has 1 aliphatic carbocycles. The molecule has 2 atom stereocenters. The molecule has 2 unspecified atom stereocenters. The largest absolute Gasteiger partial charge is 0.444 e. The molecule has 1 fully saturated rings. The molecule has 2 rings (SSSR count). The Kier molecular flexibility index (Phi) is 11.8. The molecule has 7 nitrogen and oxygen atoms in total. The highest BCUT2D eigenvalue weighted by Gasteiger charge is 2.36. The van der Waals surface area contributed by atoms with E-state index in [-0.39, 0.29) is 17.9 Å². The maximum Gasteiger partial charge on any atom is 0.408 e. The Morgan fingerprint density at radius 1 is 1.22 bits per heavy atom. The van der Waals surface area contributed by atoms with Gasteiger partial charge in [-0.05, 0) is 76.2 Å². The molecule has 3 amide bonds. The molecular weight excluding hydrogens is 474 g/mol. The van der Waals surface area contributed by atoms with E-state index in [1.54, 1.807) is 43.5 Å². The van der Waals surface area contributed by atoms with Crippen LogP contribution in [0.15, 0.2) is 30.8 Å². The summed E-state index contributed by atoms with van der Waals surface area (Å²) in [6, 6.07) is 6.03. The van der Waals surface area contributed by atoms with Gasteiger partial charge in [-0.3, -0.25) is 9.59 Å². The van der Waals surface area contributed by atoms with E-state index in [0.717, 1.165) is 36.8 Å². The summed E-state index contributed by atoms with van der Waals surface area (Å²) in [6.07, 6.45) is 8.72. The molecule has 1 saturated carbocycles. The first-order valence-electron chi connectivity index (χ1n) is 12.9. The zero-order valence-corrected chi connectivity index (χ0v) is 23.3. The predicted molar refractivity (Wildman–Crippen MR) is 148 cm³/mol. The Labute approximate surface area is 220 Å². The number of hydrogen-bond donors (Lipinski definition) is 2. The van der Waals surface area contributed by atoms with E-state index in [9.17, 15) is 14.4 Å². The van der Waals surface area contributed by atoms with Gasteiger partial charge in [0, 0.05) is 12.6 Å². The highest BCUT2D eigenvalue weighted by Crippen LogP contribution is 2.26. The lowest BCUT2D eigenvalue weighted by Crippen LogP contribution is -2.54. The van der Waals surface area contributed by atoms with Gasteiger partial charge in [-0.15, -0.1) is 0 Å². The maximum atomic E-state index is 13.9. The van der Waals surface area contributed by atoms with Crippen molar-refractivity contribution in [1.82, 2.24) is 15.5 Å². The van der Waals surface area contributed by atoms with Gasteiger partial charge in [0.05, 0.1) is 0 Å². The number of rotatable bonds is 11. The van der Waals surface area contributed by atoms with Gasteiger partial charge in [0.25, 0.3) is 0 Å². The lowest BCUT2D eigenvalue weighted by Gasteiger charge is -2.35. The van der Waals surface area contributed by atoms with E-state index in [1.165, 1.54) is 6.42 Å². The minimum absolute atomic E-state index is 0.109. The van der Waals surface area contributed by atoms with Crippen molar-refractivity contribution in [3.05, 3.63) is 42.0 Å². The molecule has 1 aromatic carbocycles. The van der Waals surface area contributed by atoms with Crippen LogP contribution in [-0.2, 0) is 14.3 Å². The molecule has 0 aromatic heterocycles. The molecule has 0 spiro atoms. The average molecular weight is 518 g/mol. The van der Waals surface area contributed by atoms with Crippen molar-refractivity contribution in [3.8, 4) is 0 Å². The summed E-state index contributed by atoms with van der Waals surface area (Å²) in [5, 5.41) is 5.96. The maximum absolute atomic E-state index is 13.9. The Hall–Kier alpha value is -2.48. The molecule has 0 saturated heterocycles. The van der Waals surface area contributed by atoms with Gasteiger partial charge in [0.1, 0.15) is 17.7 Å². The average Bonchev–Trinajstić information content (AvgIpc) is 2.84. The number of alkyl carbamates (subject to hydrolysis) is 1. The molecule has 2 N–H and O–H groups in total. The van der Waals surface area contributed by atoms with Crippen LogP contribution in [0, 0.1) is 0 Å². The fourth-order valence-electron chi connectivity index (χ4n) is 4.46. The van der Waals surface area contributed by atoms with Crippen molar-refractivity contribution in [3.63, 3.8) is 0 Å². The summed E-state index contributed by atoms with van der Waals surface area (Å²) < 4.78 is 5.42. The number of thioether (sulfide) groups is 1. The predicted octanol–water partition coefficient (Wildman–Crippen LogP) is 5.31. The summed E-state index contributed by atoms with van der Waals surface area (Å²) >= 11 is 1.59. The Morgan fingerprint density at radius 3 is 2.50 bits per heavy atom. The van der Waals surface area contributed by atoms with Gasteiger partial charge in [-0.25, -0.2) is 4.79 Å². The standard InChI is InChI=1S/C28H43N3O4S/c1-7-20-13-12-14-21(19-20)24(25(32)29-22-15-10-9-11-16-22)31(8-2)26(33)23(17-18-36-6)30-27(34)35-28(3,4)5/h7,12-14,19,22-24H,1,8-11,15-18H2,2-6H3,(H,29,32)(H,30,34). The zero-order chi connectivity index (χ0) is 26.7. The molecule has 0 radical (unpaired) electrons. The molecule has 8 heteroatoms. The number of benzene rings is 1. The normalized spacial score (nSPS) is 15.9. The van der Waals surface area contributed by atoms with Gasteiger partial charge in [-0.2, -0.15) is 11.8 Å². The van der Waals surface area contributed by atoms with Gasteiger partial charge < -0.3 is 20.3 Å². The molecule has 36 heavy (non-hydrogen) atoms. The van der Waals surface area contributed by atoms with Crippen LogP contribution in [0.25, 0.3) is 6.08 Å². The van der Waals surface area contributed by atoms with Crippen LogP contribution >= 0.6 is 11.8 Å². The molecule has 200 valence electrons. The number of nitrogens with zero attached hydrogens (tertiary/aromatic N) is 1. The second-order valence-electron chi connectivity index (χ2n) is 10.2. The Morgan fingerprint density at radius 2 is 1.92 bits per heavy atom. The smallest absolute Gasteiger partial charge is 0.408 e. The number of carbonyl (C=O) groups is 3. The number of likely N-dealkylation sites (N-methyl/N-ethyl adjacent to an activating group) is 1. The van der Waals surface area contributed by atoms with Crippen molar-refractivity contribution < 1.29 is 19.1 Å². The second-order valence-corrected chi connectivity index (χ2v) is 11.2. The van der Waals surface area contributed by atoms with Crippen LogP contribution in [0.2, 0.25) is 0 Å². The number of carbonyl (C=O) groups excluding carboxylic acids is 3. The summed E-state index contributed by atoms with van der Waals surface area (Å²) in [7, 11) is 0. The summed E-state index contributed by atoms with van der Waals surface area (Å²) in [5.41, 5.74) is 0.906. The van der Waals surface area contributed by atoms with E-state index in [0.29, 0.717) is 18.7 Å². The third kappa shape index (κ3) is 9.19. The lowest BCUT2D eigenvalue weighted by atomic mass is 9.94. The van der Waals surface area contributed by atoms with Crippen LogP contribution in [0.4, 0.5) is 4.79 Å². The highest BCUT2D eigenvalue weighted by molar-refractivity contribution is 7.98. The third-order valence-corrected chi connectivity index (χ3v) is 6.84. The van der Waals surface area contributed by atoms with E-state index < -0.39 is 23.8 Å². The Balaban J connectivity index is 2.38. The number of hydrogen-bond acceptors (Lipinski definition) is 5. The van der Waals surface area contributed by atoms with E-state index in [1.807, 2.05) is 37.4 Å². The summed E-state index contributed by atoms with van der Waals surface area (Å²) in [6.45, 7) is 11.4. The summed E-state index contributed by atoms with van der Waals surface area (Å²) in [5.74, 6) is 0.179.